The predicted octanol–water partition coefficient (Wildman–Crippen LogP) is 18.2. The van der Waals surface area contributed by atoms with Crippen molar-refractivity contribution in [3.63, 3.8) is 0 Å². The molecule has 0 saturated carbocycles. The summed E-state index contributed by atoms with van der Waals surface area (Å²) >= 11 is 0. The molecule has 69 heavy (non-hydrogen) atoms. The molecule has 1 unspecified atom stereocenters. The molecule has 0 N–H and O–H groups in total. The Hall–Kier alpha value is -4.97. The maximum absolute atomic E-state index is 12.8. The lowest BCUT2D eigenvalue weighted by Crippen LogP contribution is -2.30. The van der Waals surface area contributed by atoms with Gasteiger partial charge in [0.15, 0.2) is 6.10 Å². The van der Waals surface area contributed by atoms with Gasteiger partial charge in [-0.3, -0.25) is 14.4 Å². The maximum Gasteiger partial charge on any atom is 0.306 e. The van der Waals surface area contributed by atoms with Crippen LogP contribution in [0.4, 0.5) is 0 Å². The first-order valence-electron chi connectivity index (χ1n) is 27.0. The van der Waals surface area contributed by atoms with E-state index in [0.29, 0.717) is 19.3 Å². The highest BCUT2D eigenvalue weighted by molar-refractivity contribution is 5.71. The van der Waals surface area contributed by atoms with Crippen molar-refractivity contribution in [2.24, 2.45) is 0 Å². The van der Waals surface area contributed by atoms with E-state index < -0.39 is 12.1 Å². The second-order valence-corrected chi connectivity index (χ2v) is 17.0. The molecule has 0 spiro atoms. The fourth-order valence-electron chi connectivity index (χ4n) is 6.59. The van der Waals surface area contributed by atoms with Crippen LogP contribution in [0, 0.1) is 0 Å². The van der Waals surface area contributed by atoms with Gasteiger partial charge in [0, 0.05) is 19.3 Å². The van der Waals surface area contributed by atoms with Crippen LogP contribution in [0.15, 0.2) is 158 Å². The summed E-state index contributed by atoms with van der Waals surface area (Å²) in [5.41, 5.74) is 0. The zero-order valence-electron chi connectivity index (χ0n) is 43.8. The molecule has 1 atom stereocenters. The van der Waals surface area contributed by atoms with E-state index in [1.54, 1.807) is 0 Å². The van der Waals surface area contributed by atoms with E-state index in [4.69, 9.17) is 14.2 Å². The SMILES string of the molecule is CC/C=C\C/C=C\C/C=C\C/C=C\C/C=C\CCCCCC(=O)OCC(COC(=O)CCCCCCCC/C=C\C/C=C\C/C=C\CC)OC(=O)CC/C=C\C/C=C\C/C=C\C/C=C\C/C=C\CC. The summed E-state index contributed by atoms with van der Waals surface area (Å²) < 4.78 is 16.7. The third kappa shape index (κ3) is 53.8. The standard InChI is InChI=1S/C63H96O6/c1-4-7-10-13-16-19-22-25-28-31-32-33-36-38-41-44-47-50-53-56-62(65)68-59-60(69-63(66)57-54-51-48-45-42-39-35-30-27-24-21-18-15-12-9-6-3)58-67-61(64)55-52-49-46-43-40-37-34-29-26-23-20-17-14-11-8-5-2/h7-12,16-21,25-30,32-33,38-39,41-42,48,51,60H,4-6,13-15,22-24,31,34-37,40,43-47,49-50,52-59H2,1-3H3/b10-7-,11-8-,12-9-,19-16-,20-17-,21-18-,28-25-,29-26-,30-27-,33-32-,41-38-,42-39-,51-48-. The zero-order chi connectivity index (χ0) is 50.0. The smallest absolute Gasteiger partial charge is 0.306 e. The third-order valence-electron chi connectivity index (χ3n) is 10.5. The average Bonchev–Trinajstić information content (AvgIpc) is 3.35. The lowest BCUT2D eigenvalue weighted by Gasteiger charge is -2.18. The first kappa shape index (κ1) is 64.0. The van der Waals surface area contributed by atoms with Crippen LogP contribution < -0.4 is 0 Å². The van der Waals surface area contributed by atoms with Gasteiger partial charge in [-0.1, -0.05) is 211 Å². The summed E-state index contributed by atoms with van der Waals surface area (Å²) in [5.74, 6) is -1.07. The minimum absolute atomic E-state index is 0.133. The van der Waals surface area contributed by atoms with Gasteiger partial charge >= 0.3 is 17.9 Å². The van der Waals surface area contributed by atoms with Crippen LogP contribution in [-0.2, 0) is 28.6 Å². The van der Waals surface area contributed by atoms with Crippen molar-refractivity contribution in [2.75, 3.05) is 13.2 Å². The van der Waals surface area contributed by atoms with Crippen molar-refractivity contribution in [1.82, 2.24) is 0 Å². The van der Waals surface area contributed by atoms with Crippen molar-refractivity contribution in [3.8, 4) is 0 Å². The summed E-state index contributed by atoms with van der Waals surface area (Å²) in [4.78, 5) is 38.1. The third-order valence-corrected chi connectivity index (χ3v) is 10.5. The van der Waals surface area contributed by atoms with Crippen molar-refractivity contribution >= 4 is 17.9 Å². The molecule has 0 heterocycles. The molecular weight excluding hydrogens is 853 g/mol. The van der Waals surface area contributed by atoms with E-state index in [1.807, 2.05) is 12.2 Å². The fraction of sp³-hybridized carbons (Fsp3) is 0.540. The molecule has 0 fully saturated rings. The van der Waals surface area contributed by atoms with E-state index in [-0.39, 0.29) is 31.6 Å². The number of rotatable bonds is 46. The van der Waals surface area contributed by atoms with Gasteiger partial charge in [-0.15, -0.1) is 0 Å². The maximum atomic E-state index is 12.8. The number of hydrogen-bond acceptors (Lipinski definition) is 6. The van der Waals surface area contributed by atoms with E-state index in [9.17, 15) is 14.4 Å². The molecule has 0 aliphatic rings. The van der Waals surface area contributed by atoms with Gasteiger partial charge in [-0.25, -0.2) is 0 Å². The van der Waals surface area contributed by atoms with Gasteiger partial charge in [0.05, 0.1) is 0 Å². The summed E-state index contributed by atoms with van der Waals surface area (Å²) in [6.45, 7) is 6.17. The number of allylic oxidation sites excluding steroid dienone is 26. The molecule has 0 radical (unpaired) electrons. The van der Waals surface area contributed by atoms with Crippen LogP contribution in [0.3, 0.4) is 0 Å². The first-order chi connectivity index (χ1) is 34.0. The van der Waals surface area contributed by atoms with Crippen molar-refractivity contribution in [1.29, 1.82) is 0 Å². The Bertz CT molecular complexity index is 1610. The van der Waals surface area contributed by atoms with E-state index in [2.05, 4.69) is 167 Å². The highest BCUT2D eigenvalue weighted by Crippen LogP contribution is 2.12. The highest BCUT2D eigenvalue weighted by Gasteiger charge is 2.19. The molecule has 6 nitrogen and oxygen atoms in total. The topological polar surface area (TPSA) is 78.9 Å². The molecule has 384 valence electrons. The average molecular weight is 949 g/mol. The Morgan fingerprint density at radius 3 is 0.884 bits per heavy atom. The van der Waals surface area contributed by atoms with Crippen molar-refractivity contribution < 1.29 is 28.6 Å². The molecule has 0 aromatic carbocycles. The van der Waals surface area contributed by atoms with Crippen LogP contribution in [0.5, 0.6) is 0 Å². The molecule has 6 heteroatoms. The highest BCUT2D eigenvalue weighted by atomic mass is 16.6. The summed E-state index contributed by atoms with van der Waals surface area (Å²) in [6, 6.07) is 0. The molecule has 0 aliphatic carbocycles. The zero-order valence-corrected chi connectivity index (χ0v) is 43.8. The molecule has 0 saturated heterocycles. The van der Waals surface area contributed by atoms with Gasteiger partial charge in [-0.05, 0) is 128 Å². The number of ether oxygens (including phenoxy) is 3. The quantitative estimate of drug-likeness (QED) is 0.0262. The van der Waals surface area contributed by atoms with Crippen molar-refractivity contribution in [3.05, 3.63) is 158 Å². The molecule has 0 bridgehead atoms. The number of unbranched alkanes of at least 4 members (excludes halogenated alkanes) is 9. The molecular formula is C63H96O6. The fourth-order valence-corrected chi connectivity index (χ4v) is 6.59. The van der Waals surface area contributed by atoms with Crippen LogP contribution in [0.25, 0.3) is 0 Å². The second kappa shape index (κ2) is 55.6. The minimum atomic E-state index is -0.845. The van der Waals surface area contributed by atoms with Gasteiger partial charge < -0.3 is 14.2 Å². The van der Waals surface area contributed by atoms with Crippen LogP contribution in [0.1, 0.15) is 201 Å². The lowest BCUT2D eigenvalue weighted by molar-refractivity contribution is -0.166. The van der Waals surface area contributed by atoms with Crippen LogP contribution in [0.2, 0.25) is 0 Å². The summed E-state index contributed by atoms with van der Waals surface area (Å²) in [5, 5.41) is 0. The Balaban J connectivity index is 4.61. The number of esters is 3. The summed E-state index contributed by atoms with van der Waals surface area (Å²) in [7, 11) is 0. The van der Waals surface area contributed by atoms with Gasteiger partial charge in [0.25, 0.3) is 0 Å². The monoisotopic (exact) mass is 949 g/mol. The Morgan fingerprint density at radius 1 is 0.290 bits per heavy atom. The molecule has 0 aromatic rings. The normalized spacial score (nSPS) is 13.4. The Morgan fingerprint density at radius 2 is 0.551 bits per heavy atom. The Labute approximate surface area is 422 Å². The van der Waals surface area contributed by atoms with Gasteiger partial charge in [0.1, 0.15) is 13.2 Å². The van der Waals surface area contributed by atoms with Crippen LogP contribution in [-0.4, -0.2) is 37.2 Å². The molecule has 0 aromatic heterocycles. The second-order valence-electron chi connectivity index (χ2n) is 17.0. The number of carbonyl (C=O) groups is 3. The van der Waals surface area contributed by atoms with Gasteiger partial charge in [-0.2, -0.15) is 0 Å². The van der Waals surface area contributed by atoms with Crippen LogP contribution >= 0.6 is 0 Å². The van der Waals surface area contributed by atoms with E-state index in [1.165, 1.54) is 12.8 Å². The lowest BCUT2D eigenvalue weighted by atomic mass is 10.1. The van der Waals surface area contributed by atoms with E-state index in [0.717, 1.165) is 141 Å². The summed E-state index contributed by atoms with van der Waals surface area (Å²) in [6.07, 6.45) is 81.0. The molecule has 0 amide bonds. The molecule has 0 rings (SSSR count). The minimum Gasteiger partial charge on any atom is -0.462 e. The largest absolute Gasteiger partial charge is 0.462 e. The van der Waals surface area contributed by atoms with Gasteiger partial charge in [0.2, 0.25) is 0 Å². The predicted molar refractivity (Wildman–Crippen MR) is 297 cm³/mol. The number of hydrogen-bond donors (Lipinski definition) is 0. The van der Waals surface area contributed by atoms with Crippen molar-refractivity contribution in [2.45, 2.75) is 207 Å². The Kier molecular flexibility index (Phi) is 51.6. The molecule has 0 aliphatic heterocycles. The number of carbonyl (C=O) groups excluding carboxylic acids is 3. The van der Waals surface area contributed by atoms with E-state index >= 15 is 0 Å². The first-order valence-corrected chi connectivity index (χ1v) is 27.0.